The SMILES string of the molecule is CCCN1CC(C)CN(C)C(=O)C1CC(=O)O. The van der Waals surface area contributed by atoms with E-state index in [9.17, 15) is 9.59 Å². The van der Waals surface area contributed by atoms with Crippen LogP contribution in [0.2, 0.25) is 0 Å². The predicted molar refractivity (Wildman–Crippen MR) is 64.7 cm³/mol. The zero-order valence-corrected chi connectivity index (χ0v) is 10.8. The van der Waals surface area contributed by atoms with Gasteiger partial charge in [0.2, 0.25) is 5.91 Å². The lowest BCUT2D eigenvalue weighted by molar-refractivity contribution is -0.144. The van der Waals surface area contributed by atoms with Crippen molar-refractivity contribution in [2.24, 2.45) is 5.92 Å². The molecule has 1 aliphatic heterocycles. The molecule has 0 spiro atoms. The van der Waals surface area contributed by atoms with Crippen LogP contribution in [0.3, 0.4) is 0 Å². The van der Waals surface area contributed by atoms with Gasteiger partial charge in [-0.25, -0.2) is 0 Å². The monoisotopic (exact) mass is 242 g/mol. The zero-order valence-electron chi connectivity index (χ0n) is 10.8. The van der Waals surface area contributed by atoms with Gasteiger partial charge in [-0.05, 0) is 18.9 Å². The van der Waals surface area contributed by atoms with Crippen molar-refractivity contribution in [2.45, 2.75) is 32.7 Å². The van der Waals surface area contributed by atoms with E-state index in [1.54, 1.807) is 11.9 Å². The van der Waals surface area contributed by atoms with Gasteiger partial charge in [-0.15, -0.1) is 0 Å². The Morgan fingerprint density at radius 3 is 2.65 bits per heavy atom. The van der Waals surface area contributed by atoms with Gasteiger partial charge in [0.15, 0.2) is 0 Å². The molecule has 17 heavy (non-hydrogen) atoms. The number of carbonyl (C=O) groups excluding carboxylic acids is 1. The van der Waals surface area contributed by atoms with Gasteiger partial charge in [-0.3, -0.25) is 14.5 Å². The molecule has 1 N–H and O–H groups in total. The Balaban J connectivity index is 2.87. The molecule has 2 atom stereocenters. The standard InChI is InChI=1S/C12H22N2O3/c1-4-5-14-8-9(2)7-13(3)12(17)10(14)6-11(15)16/h9-10H,4-8H2,1-3H3,(H,15,16). The Bertz CT molecular complexity index is 293. The second kappa shape index (κ2) is 6.00. The maximum absolute atomic E-state index is 12.1. The van der Waals surface area contributed by atoms with Crippen molar-refractivity contribution in [1.82, 2.24) is 9.80 Å². The maximum Gasteiger partial charge on any atom is 0.305 e. The van der Waals surface area contributed by atoms with Crippen molar-refractivity contribution in [3.63, 3.8) is 0 Å². The number of hydrogen-bond acceptors (Lipinski definition) is 3. The summed E-state index contributed by atoms with van der Waals surface area (Å²) in [6.45, 7) is 6.41. The largest absolute Gasteiger partial charge is 0.481 e. The van der Waals surface area contributed by atoms with Gasteiger partial charge in [0.25, 0.3) is 0 Å². The molecule has 98 valence electrons. The molecule has 1 amide bonds. The van der Waals surface area contributed by atoms with Crippen LogP contribution < -0.4 is 0 Å². The fourth-order valence-electron chi connectivity index (χ4n) is 2.47. The Hall–Kier alpha value is -1.10. The summed E-state index contributed by atoms with van der Waals surface area (Å²) >= 11 is 0. The second-order valence-electron chi connectivity index (χ2n) is 4.93. The van der Waals surface area contributed by atoms with Crippen LogP contribution in [0.5, 0.6) is 0 Å². The first-order valence-corrected chi connectivity index (χ1v) is 6.16. The van der Waals surface area contributed by atoms with Crippen LogP contribution in [-0.4, -0.2) is 59.5 Å². The number of nitrogens with zero attached hydrogens (tertiary/aromatic N) is 2. The molecule has 0 aromatic rings. The lowest BCUT2D eigenvalue weighted by atomic mass is 10.1. The molecular weight excluding hydrogens is 220 g/mol. The van der Waals surface area contributed by atoms with E-state index in [1.165, 1.54) is 0 Å². The molecule has 0 bridgehead atoms. The van der Waals surface area contributed by atoms with Gasteiger partial charge in [0.1, 0.15) is 0 Å². The van der Waals surface area contributed by atoms with E-state index in [-0.39, 0.29) is 12.3 Å². The predicted octanol–water partition coefficient (Wildman–Crippen LogP) is 0.650. The smallest absolute Gasteiger partial charge is 0.305 e. The van der Waals surface area contributed by atoms with Crippen LogP contribution >= 0.6 is 0 Å². The van der Waals surface area contributed by atoms with Crippen molar-refractivity contribution in [3.8, 4) is 0 Å². The minimum Gasteiger partial charge on any atom is -0.481 e. The Kier molecular flexibility index (Phi) is 4.93. The summed E-state index contributed by atoms with van der Waals surface area (Å²) in [7, 11) is 1.75. The number of amides is 1. The molecule has 1 saturated heterocycles. The van der Waals surface area contributed by atoms with Crippen LogP contribution in [0.1, 0.15) is 26.7 Å². The molecule has 1 rings (SSSR count). The van der Waals surface area contributed by atoms with Crippen molar-refractivity contribution < 1.29 is 14.7 Å². The third kappa shape index (κ3) is 3.70. The average molecular weight is 242 g/mol. The summed E-state index contributed by atoms with van der Waals surface area (Å²) in [5.41, 5.74) is 0. The molecule has 1 aliphatic rings. The van der Waals surface area contributed by atoms with Crippen molar-refractivity contribution in [3.05, 3.63) is 0 Å². The van der Waals surface area contributed by atoms with Crippen molar-refractivity contribution in [1.29, 1.82) is 0 Å². The number of carboxylic acid groups (broad SMARTS) is 1. The van der Waals surface area contributed by atoms with Gasteiger partial charge >= 0.3 is 5.97 Å². The van der Waals surface area contributed by atoms with E-state index >= 15 is 0 Å². The quantitative estimate of drug-likeness (QED) is 0.786. The minimum absolute atomic E-state index is 0.0646. The molecule has 0 aromatic carbocycles. The number of hydrogen-bond donors (Lipinski definition) is 1. The normalized spacial score (nSPS) is 27.0. The van der Waals surface area contributed by atoms with E-state index in [4.69, 9.17) is 5.11 Å². The molecule has 0 aromatic heterocycles. The highest BCUT2D eigenvalue weighted by Gasteiger charge is 2.34. The molecule has 0 aliphatic carbocycles. The highest BCUT2D eigenvalue weighted by atomic mass is 16.4. The van der Waals surface area contributed by atoms with Crippen LogP contribution in [-0.2, 0) is 9.59 Å². The first kappa shape index (κ1) is 14.0. The van der Waals surface area contributed by atoms with Gasteiger partial charge in [-0.2, -0.15) is 0 Å². The topological polar surface area (TPSA) is 60.9 Å². The second-order valence-corrected chi connectivity index (χ2v) is 4.93. The first-order chi connectivity index (χ1) is 7.95. The summed E-state index contributed by atoms with van der Waals surface area (Å²) in [5.74, 6) is -0.591. The van der Waals surface area contributed by atoms with E-state index in [1.807, 2.05) is 11.8 Å². The number of carboxylic acids is 1. The number of aliphatic carboxylic acids is 1. The summed E-state index contributed by atoms with van der Waals surface area (Å²) in [6, 6.07) is -0.498. The number of carbonyl (C=O) groups is 2. The summed E-state index contributed by atoms with van der Waals surface area (Å²) in [5, 5.41) is 8.92. The molecule has 2 unspecified atom stereocenters. The molecule has 1 fully saturated rings. The third-order valence-corrected chi connectivity index (χ3v) is 3.11. The van der Waals surface area contributed by atoms with Gasteiger partial charge < -0.3 is 10.0 Å². The van der Waals surface area contributed by atoms with Crippen molar-refractivity contribution >= 4 is 11.9 Å². The fraction of sp³-hybridized carbons (Fsp3) is 0.833. The van der Waals surface area contributed by atoms with Crippen LogP contribution in [0, 0.1) is 5.92 Å². The van der Waals surface area contributed by atoms with Crippen LogP contribution in [0.15, 0.2) is 0 Å². The Labute approximate surface area is 102 Å². The number of rotatable bonds is 4. The van der Waals surface area contributed by atoms with Gasteiger partial charge in [0, 0.05) is 20.1 Å². The summed E-state index contributed by atoms with van der Waals surface area (Å²) < 4.78 is 0. The van der Waals surface area contributed by atoms with Crippen molar-refractivity contribution in [2.75, 3.05) is 26.7 Å². The molecule has 5 nitrogen and oxygen atoms in total. The molecule has 0 saturated carbocycles. The first-order valence-electron chi connectivity index (χ1n) is 6.16. The third-order valence-electron chi connectivity index (χ3n) is 3.11. The summed E-state index contributed by atoms with van der Waals surface area (Å²) in [4.78, 5) is 26.7. The highest BCUT2D eigenvalue weighted by molar-refractivity contribution is 5.86. The Morgan fingerprint density at radius 1 is 1.47 bits per heavy atom. The van der Waals surface area contributed by atoms with Crippen LogP contribution in [0.25, 0.3) is 0 Å². The van der Waals surface area contributed by atoms with E-state index in [0.717, 1.165) is 19.5 Å². The Morgan fingerprint density at radius 2 is 2.12 bits per heavy atom. The molecular formula is C12H22N2O3. The minimum atomic E-state index is -0.910. The average Bonchev–Trinajstić information content (AvgIpc) is 2.31. The number of likely N-dealkylation sites (N-methyl/N-ethyl adjacent to an activating group) is 1. The van der Waals surface area contributed by atoms with Gasteiger partial charge in [-0.1, -0.05) is 13.8 Å². The summed E-state index contributed by atoms with van der Waals surface area (Å²) in [6.07, 6.45) is 0.829. The van der Waals surface area contributed by atoms with Gasteiger partial charge in [0.05, 0.1) is 12.5 Å². The molecule has 0 radical (unpaired) electrons. The molecule has 5 heteroatoms. The van der Waals surface area contributed by atoms with E-state index in [0.29, 0.717) is 12.5 Å². The zero-order chi connectivity index (χ0) is 13.0. The molecule has 1 heterocycles. The maximum atomic E-state index is 12.1. The van der Waals surface area contributed by atoms with E-state index in [2.05, 4.69) is 6.92 Å². The lowest BCUT2D eigenvalue weighted by Crippen LogP contribution is -2.46. The van der Waals surface area contributed by atoms with Crippen LogP contribution in [0.4, 0.5) is 0 Å². The lowest BCUT2D eigenvalue weighted by Gasteiger charge is -2.28. The fourth-order valence-corrected chi connectivity index (χ4v) is 2.47. The van der Waals surface area contributed by atoms with E-state index < -0.39 is 12.0 Å². The highest BCUT2D eigenvalue weighted by Crippen LogP contribution is 2.17.